The second kappa shape index (κ2) is 12.8. The molecular weight excluding hydrogens is 404 g/mol. The predicted molar refractivity (Wildman–Crippen MR) is 134 cm³/mol. The summed E-state index contributed by atoms with van der Waals surface area (Å²) in [6.07, 6.45) is 15.1. The van der Waals surface area contributed by atoms with Gasteiger partial charge in [0.25, 0.3) is 5.91 Å². The van der Waals surface area contributed by atoms with Gasteiger partial charge in [-0.25, -0.2) is 0 Å². The normalized spacial score (nSPS) is 23.6. The highest BCUT2D eigenvalue weighted by Gasteiger charge is 2.39. The molecule has 3 rings (SSSR count). The molecule has 0 saturated heterocycles. The number of unbranched alkanes of at least 4 members (excludes halogenated alkanes) is 1. The van der Waals surface area contributed by atoms with Crippen LogP contribution in [0.2, 0.25) is 5.02 Å². The zero-order valence-corrected chi connectivity index (χ0v) is 19.8. The number of carbonyl (C=O) groups excluding carboxylic acids is 1. The molecule has 1 amide bonds. The number of hydrogen-bond acceptors (Lipinski definition) is 2. The molecule has 2 fully saturated rings. The monoisotopic (exact) mass is 448 g/mol. The molecule has 2 N–H and O–H groups in total. The van der Waals surface area contributed by atoms with Crippen LogP contribution in [-0.4, -0.2) is 25.0 Å². The molecule has 0 radical (unpaired) electrons. The molecule has 2 aliphatic carbocycles. The lowest BCUT2D eigenvalue weighted by Gasteiger charge is -2.45. The van der Waals surface area contributed by atoms with E-state index in [0.29, 0.717) is 22.0 Å². The van der Waals surface area contributed by atoms with E-state index in [1.54, 1.807) is 0 Å². The summed E-state index contributed by atoms with van der Waals surface area (Å²) in [6.45, 7) is 6.32. The van der Waals surface area contributed by atoms with E-state index >= 15 is 0 Å². The van der Waals surface area contributed by atoms with Gasteiger partial charge in [0, 0.05) is 12.6 Å². The topological polar surface area (TPSA) is 41.1 Å². The number of carbonyl (C=O) groups is 1. The predicted octanol–water partition coefficient (Wildman–Crippen LogP) is 7.17. The van der Waals surface area contributed by atoms with E-state index in [4.69, 9.17) is 11.6 Å². The van der Waals surface area contributed by atoms with Crippen molar-refractivity contribution in [3.05, 3.63) is 34.3 Å². The Kier molecular flexibility index (Phi) is 10.9. The SMILES string of the molecule is C.CCCCC(C)NCCCc1ccc(Cl)c(C(=O)NCC23CCCC(CCC2)C3)c1. The van der Waals surface area contributed by atoms with Crippen molar-refractivity contribution in [3.63, 3.8) is 0 Å². The van der Waals surface area contributed by atoms with Crippen LogP contribution in [0.1, 0.15) is 108 Å². The first-order valence-electron chi connectivity index (χ1n) is 12.3. The zero-order valence-electron chi connectivity index (χ0n) is 19.1. The standard InChI is InChI=1S/C26H41ClN2O.CH4/c1-3-4-8-20(2)28-16-7-11-21-12-13-24(27)23(17-21)25(30)29-19-26-14-5-9-22(18-26)10-6-15-26;/h12-13,17,20,22,28H,3-11,14-16,18-19H2,1-2H3,(H,29,30);1H4. The summed E-state index contributed by atoms with van der Waals surface area (Å²) in [7, 11) is 0. The molecule has 1 aromatic carbocycles. The number of amides is 1. The maximum absolute atomic E-state index is 12.9. The van der Waals surface area contributed by atoms with Gasteiger partial charge in [-0.05, 0) is 81.0 Å². The largest absolute Gasteiger partial charge is 0.351 e. The highest BCUT2D eigenvalue weighted by atomic mass is 35.5. The van der Waals surface area contributed by atoms with Crippen LogP contribution < -0.4 is 10.6 Å². The molecule has 2 bridgehead atoms. The average molecular weight is 449 g/mol. The third-order valence-corrected chi connectivity index (χ3v) is 7.72. The molecule has 2 saturated carbocycles. The van der Waals surface area contributed by atoms with Crippen molar-refractivity contribution in [2.24, 2.45) is 11.3 Å². The Hall–Kier alpha value is -1.06. The van der Waals surface area contributed by atoms with E-state index in [9.17, 15) is 4.79 Å². The van der Waals surface area contributed by atoms with Gasteiger partial charge in [-0.3, -0.25) is 4.79 Å². The van der Waals surface area contributed by atoms with Crippen molar-refractivity contribution >= 4 is 17.5 Å². The van der Waals surface area contributed by atoms with Crippen LogP contribution in [0.4, 0.5) is 0 Å². The van der Waals surface area contributed by atoms with Gasteiger partial charge < -0.3 is 10.6 Å². The van der Waals surface area contributed by atoms with E-state index in [1.807, 2.05) is 12.1 Å². The van der Waals surface area contributed by atoms with Gasteiger partial charge >= 0.3 is 0 Å². The molecule has 1 atom stereocenters. The Bertz CT molecular complexity index is 680. The fourth-order valence-corrected chi connectivity index (χ4v) is 5.79. The molecule has 0 aromatic heterocycles. The summed E-state index contributed by atoms with van der Waals surface area (Å²) in [5.41, 5.74) is 2.17. The summed E-state index contributed by atoms with van der Waals surface area (Å²) >= 11 is 6.39. The highest BCUT2D eigenvalue weighted by molar-refractivity contribution is 6.33. The Morgan fingerprint density at radius 3 is 2.68 bits per heavy atom. The first-order valence-corrected chi connectivity index (χ1v) is 12.7. The minimum atomic E-state index is -0.00441. The maximum Gasteiger partial charge on any atom is 0.252 e. The fourth-order valence-electron chi connectivity index (χ4n) is 5.59. The smallest absolute Gasteiger partial charge is 0.252 e. The second-order valence-corrected chi connectivity index (χ2v) is 10.4. The van der Waals surface area contributed by atoms with E-state index < -0.39 is 0 Å². The van der Waals surface area contributed by atoms with Crippen molar-refractivity contribution in [3.8, 4) is 0 Å². The van der Waals surface area contributed by atoms with Gasteiger partial charge in [-0.15, -0.1) is 0 Å². The van der Waals surface area contributed by atoms with Crippen molar-refractivity contribution in [2.75, 3.05) is 13.1 Å². The summed E-state index contributed by atoms with van der Waals surface area (Å²) in [5.74, 6) is 0.879. The van der Waals surface area contributed by atoms with Crippen molar-refractivity contribution in [1.29, 1.82) is 0 Å². The third-order valence-electron chi connectivity index (χ3n) is 7.39. The molecule has 0 aliphatic heterocycles. The molecule has 0 heterocycles. The lowest BCUT2D eigenvalue weighted by atomic mass is 9.62. The van der Waals surface area contributed by atoms with Crippen molar-refractivity contribution in [2.45, 2.75) is 104 Å². The van der Waals surface area contributed by atoms with Crippen LogP contribution >= 0.6 is 11.6 Å². The molecule has 31 heavy (non-hydrogen) atoms. The quantitative estimate of drug-likeness (QED) is 0.352. The number of rotatable bonds is 11. The minimum absolute atomic E-state index is 0. The van der Waals surface area contributed by atoms with Crippen LogP contribution in [-0.2, 0) is 6.42 Å². The number of halogens is 1. The molecule has 2 aliphatic rings. The first kappa shape index (κ1) is 26.2. The van der Waals surface area contributed by atoms with E-state index in [1.165, 1.54) is 69.8 Å². The summed E-state index contributed by atoms with van der Waals surface area (Å²) in [5, 5.41) is 7.42. The molecular formula is C27H45ClN2O. The van der Waals surface area contributed by atoms with Crippen LogP contribution in [0, 0.1) is 11.3 Å². The summed E-state index contributed by atoms with van der Waals surface area (Å²) < 4.78 is 0. The van der Waals surface area contributed by atoms with E-state index in [0.717, 1.165) is 31.8 Å². The lowest BCUT2D eigenvalue weighted by molar-refractivity contribution is 0.0682. The Labute approximate surface area is 196 Å². The first-order chi connectivity index (χ1) is 14.5. The lowest BCUT2D eigenvalue weighted by Crippen LogP contribution is -2.43. The average Bonchev–Trinajstić information content (AvgIpc) is 2.75. The Morgan fingerprint density at radius 1 is 1.23 bits per heavy atom. The number of hydrogen-bond donors (Lipinski definition) is 2. The van der Waals surface area contributed by atoms with Gasteiger partial charge in [0.1, 0.15) is 0 Å². The van der Waals surface area contributed by atoms with Gasteiger partial charge in [0.15, 0.2) is 0 Å². The number of benzene rings is 1. The Morgan fingerprint density at radius 2 is 1.97 bits per heavy atom. The zero-order chi connectivity index (χ0) is 21.4. The highest BCUT2D eigenvalue weighted by Crippen LogP contribution is 2.48. The molecule has 176 valence electrons. The summed E-state index contributed by atoms with van der Waals surface area (Å²) in [4.78, 5) is 12.9. The van der Waals surface area contributed by atoms with Gasteiger partial charge in [0.2, 0.25) is 0 Å². The van der Waals surface area contributed by atoms with Crippen LogP contribution in [0.3, 0.4) is 0 Å². The van der Waals surface area contributed by atoms with Crippen LogP contribution in [0.25, 0.3) is 0 Å². The van der Waals surface area contributed by atoms with Crippen LogP contribution in [0.5, 0.6) is 0 Å². The fraction of sp³-hybridized carbons (Fsp3) is 0.741. The Balaban J connectivity index is 0.00000341. The minimum Gasteiger partial charge on any atom is -0.351 e. The van der Waals surface area contributed by atoms with Gasteiger partial charge in [0.05, 0.1) is 10.6 Å². The van der Waals surface area contributed by atoms with Crippen molar-refractivity contribution in [1.82, 2.24) is 10.6 Å². The number of aryl methyl sites for hydroxylation is 1. The maximum atomic E-state index is 12.9. The van der Waals surface area contributed by atoms with E-state index in [-0.39, 0.29) is 13.3 Å². The van der Waals surface area contributed by atoms with Gasteiger partial charge in [-0.1, -0.05) is 70.5 Å². The van der Waals surface area contributed by atoms with Crippen LogP contribution in [0.15, 0.2) is 18.2 Å². The third kappa shape index (κ3) is 7.79. The summed E-state index contributed by atoms with van der Waals surface area (Å²) in [6, 6.07) is 6.53. The molecule has 4 heteroatoms. The molecule has 3 nitrogen and oxygen atoms in total. The molecule has 1 aromatic rings. The molecule has 1 unspecified atom stereocenters. The van der Waals surface area contributed by atoms with E-state index in [2.05, 4.69) is 30.5 Å². The molecule has 0 spiro atoms. The van der Waals surface area contributed by atoms with Gasteiger partial charge in [-0.2, -0.15) is 0 Å². The van der Waals surface area contributed by atoms with Crippen molar-refractivity contribution < 1.29 is 4.79 Å². The number of fused-ring (bicyclic) bond motifs is 2. The second-order valence-electron chi connectivity index (χ2n) is 9.95. The number of nitrogens with one attached hydrogen (secondary N) is 2.